The third kappa shape index (κ3) is 4.83. The molecule has 1 amide bonds. The van der Waals surface area contributed by atoms with Gasteiger partial charge in [0.2, 0.25) is 5.75 Å². The molecule has 0 bridgehead atoms. The van der Waals surface area contributed by atoms with Crippen LogP contribution >= 0.6 is 0 Å². The largest absolute Gasteiger partial charge is 0.490 e. The maximum atomic E-state index is 12.7. The Kier molecular flexibility index (Phi) is 7.00. The topological polar surface area (TPSA) is 69.9 Å². The van der Waals surface area contributed by atoms with Crippen molar-refractivity contribution in [1.82, 2.24) is 5.32 Å². The number of furan rings is 1. The van der Waals surface area contributed by atoms with Crippen molar-refractivity contribution in [3.63, 3.8) is 0 Å². The second-order valence-corrected chi connectivity index (χ2v) is 6.36. The molecule has 6 nitrogen and oxygen atoms in total. The smallest absolute Gasteiger partial charge is 0.251 e. The molecule has 29 heavy (non-hydrogen) atoms. The number of nitrogens with one attached hydrogen (secondary N) is 1. The van der Waals surface area contributed by atoms with Crippen LogP contribution in [0.25, 0.3) is 11.0 Å². The Morgan fingerprint density at radius 3 is 2.28 bits per heavy atom. The lowest BCUT2D eigenvalue weighted by molar-refractivity contribution is 0.0953. The Bertz CT molecular complexity index is 936. The first-order valence-corrected chi connectivity index (χ1v) is 9.97. The summed E-state index contributed by atoms with van der Waals surface area (Å²) in [5.41, 5.74) is 2.39. The molecule has 0 spiro atoms. The molecule has 0 saturated carbocycles. The predicted octanol–water partition coefficient (Wildman–Crippen LogP) is 4.60. The number of hydrogen-bond acceptors (Lipinski definition) is 5. The zero-order chi connectivity index (χ0) is 20.6. The van der Waals surface area contributed by atoms with Crippen molar-refractivity contribution in [2.45, 2.75) is 27.2 Å². The minimum Gasteiger partial charge on any atom is -0.490 e. The summed E-state index contributed by atoms with van der Waals surface area (Å²) >= 11 is 0. The summed E-state index contributed by atoms with van der Waals surface area (Å²) < 4.78 is 22.6. The number of benzene rings is 2. The molecule has 1 heterocycles. The molecule has 0 saturated heterocycles. The van der Waals surface area contributed by atoms with E-state index in [9.17, 15) is 4.79 Å². The van der Waals surface area contributed by atoms with E-state index in [0.29, 0.717) is 55.6 Å². The Labute approximate surface area is 170 Å². The number of rotatable bonds is 10. The van der Waals surface area contributed by atoms with Crippen molar-refractivity contribution in [1.29, 1.82) is 0 Å². The molecular weight excluding hydrogens is 370 g/mol. The van der Waals surface area contributed by atoms with E-state index in [1.807, 2.05) is 45.0 Å². The molecule has 154 valence electrons. The Hall–Kier alpha value is -3.15. The lowest BCUT2D eigenvalue weighted by Crippen LogP contribution is -2.25. The Morgan fingerprint density at radius 2 is 1.62 bits per heavy atom. The summed E-state index contributed by atoms with van der Waals surface area (Å²) in [6.07, 6.45) is 2.42. The van der Waals surface area contributed by atoms with Crippen LogP contribution in [0.5, 0.6) is 17.2 Å². The van der Waals surface area contributed by atoms with Gasteiger partial charge in [-0.2, -0.15) is 0 Å². The van der Waals surface area contributed by atoms with E-state index in [2.05, 4.69) is 5.32 Å². The molecule has 3 aromatic rings. The van der Waals surface area contributed by atoms with Gasteiger partial charge in [0, 0.05) is 17.5 Å². The maximum absolute atomic E-state index is 12.7. The fourth-order valence-electron chi connectivity index (χ4n) is 3.16. The lowest BCUT2D eigenvalue weighted by Gasteiger charge is -2.17. The van der Waals surface area contributed by atoms with Crippen LogP contribution in [-0.2, 0) is 6.42 Å². The van der Waals surface area contributed by atoms with Gasteiger partial charge in [0.25, 0.3) is 5.91 Å². The second kappa shape index (κ2) is 9.87. The Balaban J connectivity index is 1.73. The van der Waals surface area contributed by atoms with E-state index in [-0.39, 0.29) is 5.91 Å². The third-order valence-electron chi connectivity index (χ3n) is 4.41. The maximum Gasteiger partial charge on any atom is 0.251 e. The van der Waals surface area contributed by atoms with Crippen molar-refractivity contribution < 1.29 is 23.4 Å². The quantitative estimate of drug-likeness (QED) is 0.541. The fourth-order valence-corrected chi connectivity index (χ4v) is 3.16. The molecule has 0 aliphatic heterocycles. The van der Waals surface area contributed by atoms with Crippen molar-refractivity contribution in [2.75, 3.05) is 26.4 Å². The normalized spacial score (nSPS) is 10.7. The summed E-state index contributed by atoms with van der Waals surface area (Å²) in [6.45, 7) is 7.56. The van der Waals surface area contributed by atoms with Crippen LogP contribution in [0, 0.1) is 0 Å². The highest BCUT2D eigenvalue weighted by Crippen LogP contribution is 2.39. The van der Waals surface area contributed by atoms with Crippen molar-refractivity contribution >= 4 is 16.9 Å². The highest BCUT2D eigenvalue weighted by molar-refractivity contribution is 5.95. The van der Waals surface area contributed by atoms with Gasteiger partial charge in [-0.05, 0) is 51.0 Å². The first-order chi connectivity index (χ1) is 14.2. The van der Waals surface area contributed by atoms with Gasteiger partial charge in [-0.3, -0.25) is 4.79 Å². The van der Waals surface area contributed by atoms with Crippen LogP contribution in [-0.4, -0.2) is 32.3 Å². The molecule has 0 unspecified atom stereocenters. The van der Waals surface area contributed by atoms with Crippen LogP contribution in [0.3, 0.4) is 0 Å². The van der Waals surface area contributed by atoms with Gasteiger partial charge in [0.1, 0.15) is 5.58 Å². The van der Waals surface area contributed by atoms with Gasteiger partial charge in [-0.15, -0.1) is 0 Å². The van der Waals surface area contributed by atoms with Crippen LogP contribution in [0.1, 0.15) is 36.7 Å². The van der Waals surface area contributed by atoms with Gasteiger partial charge in [-0.25, -0.2) is 0 Å². The van der Waals surface area contributed by atoms with Crippen LogP contribution < -0.4 is 19.5 Å². The number of hydrogen-bond donors (Lipinski definition) is 1. The molecule has 2 aromatic carbocycles. The molecule has 3 rings (SSSR count). The van der Waals surface area contributed by atoms with Gasteiger partial charge in [-0.1, -0.05) is 18.2 Å². The SMILES string of the molecule is CCOc1cc(C(=O)NCCc2coc3ccccc23)cc(OCC)c1OCC. The van der Waals surface area contributed by atoms with Crippen LogP contribution in [0.2, 0.25) is 0 Å². The van der Waals surface area contributed by atoms with E-state index in [4.69, 9.17) is 18.6 Å². The highest BCUT2D eigenvalue weighted by atomic mass is 16.5. The second-order valence-electron chi connectivity index (χ2n) is 6.36. The van der Waals surface area contributed by atoms with Crippen molar-refractivity contribution in [2.24, 2.45) is 0 Å². The molecule has 0 atom stereocenters. The third-order valence-corrected chi connectivity index (χ3v) is 4.41. The summed E-state index contributed by atoms with van der Waals surface area (Å²) in [5, 5.41) is 4.03. The minimum absolute atomic E-state index is 0.192. The monoisotopic (exact) mass is 397 g/mol. The minimum atomic E-state index is -0.192. The number of amides is 1. The van der Waals surface area contributed by atoms with E-state index >= 15 is 0 Å². The van der Waals surface area contributed by atoms with Crippen LogP contribution in [0.4, 0.5) is 0 Å². The average Bonchev–Trinajstić information content (AvgIpc) is 3.13. The summed E-state index contributed by atoms with van der Waals surface area (Å²) in [4.78, 5) is 12.7. The molecule has 0 aliphatic carbocycles. The molecule has 0 aliphatic rings. The summed E-state index contributed by atoms with van der Waals surface area (Å²) in [5.74, 6) is 1.35. The van der Waals surface area contributed by atoms with Crippen molar-refractivity contribution in [3.8, 4) is 17.2 Å². The van der Waals surface area contributed by atoms with Crippen molar-refractivity contribution in [3.05, 3.63) is 53.8 Å². The molecule has 0 fully saturated rings. The lowest BCUT2D eigenvalue weighted by atomic mass is 10.1. The van der Waals surface area contributed by atoms with E-state index in [1.165, 1.54) is 0 Å². The number of carbonyl (C=O) groups is 1. The first-order valence-electron chi connectivity index (χ1n) is 9.97. The number of carbonyl (C=O) groups excluding carboxylic acids is 1. The Morgan fingerprint density at radius 1 is 0.966 bits per heavy atom. The van der Waals surface area contributed by atoms with Gasteiger partial charge in [0.05, 0.1) is 26.1 Å². The van der Waals surface area contributed by atoms with E-state index in [1.54, 1.807) is 18.4 Å². The van der Waals surface area contributed by atoms with Gasteiger partial charge in [0.15, 0.2) is 11.5 Å². The number of ether oxygens (including phenoxy) is 3. The number of fused-ring (bicyclic) bond motifs is 1. The van der Waals surface area contributed by atoms with E-state index < -0.39 is 0 Å². The predicted molar refractivity (Wildman–Crippen MR) is 112 cm³/mol. The zero-order valence-corrected chi connectivity index (χ0v) is 17.1. The van der Waals surface area contributed by atoms with Crippen LogP contribution in [0.15, 0.2) is 47.1 Å². The van der Waals surface area contributed by atoms with E-state index in [0.717, 1.165) is 16.5 Å². The summed E-state index contributed by atoms with van der Waals surface area (Å²) in [6, 6.07) is 11.3. The molecular formula is C23H27NO5. The molecule has 1 aromatic heterocycles. The van der Waals surface area contributed by atoms with Gasteiger partial charge < -0.3 is 23.9 Å². The molecule has 0 radical (unpaired) electrons. The molecule has 6 heteroatoms. The first kappa shape index (κ1) is 20.6. The number of para-hydroxylation sites is 1. The zero-order valence-electron chi connectivity index (χ0n) is 17.1. The molecule has 1 N–H and O–H groups in total. The fraction of sp³-hybridized carbons (Fsp3) is 0.348. The average molecular weight is 397 g/mol. The highest BCUT2D eigenvalue weighted by Gasteiger charge is 2.18. The van der Waals surface area contributed by atoms with Gasteiger partial charge >= 0.3 is 0 Å². The summed E-state index contributed by atoms with van der Waals surface area (Å²) in [7, 11) is 0. The standard InChI is InChI=1S/C23H27NO5/c1-4-26-20-13-17(14-21(27-5-2)22(20)28-6-3)23(25)24-12-11-16-15-29-19-10-8-7-9-18(16)19/h7-10,13-15H,4-6,11-12H2,1-3H3,(H,24,25).